The van der Waals surface area contributed by atoms with Crippen molar-refractivity contribution in [3.8, 4) is 0 Å². The molecule has 28 heavy (non-hydrogen) atoms. The number of piperazine rings is 1. The summed E-state index contributed by atoms with van der Waals surface area (Å²) >= 11 is 1.63. The minimum absolute atomic E-state index is 0.0703. The molecule has 0 saturated carbocycles. The summed E-state index contributed by atoms with van der Waals surface area (Å²) in [6.45, 7) is 8.02. The summed E-state index contributed by atoms with van der Waals surface area (Å²) in [4.78, 5) is 29.2. The molecule has 2 fully saturated rings. The maximum absolute atomic E-state index is 12.4. The molecule has 0 spiro atoms. The molecule has 8 heteroatoms. The van der Waals surface area contributed by atoms with E-state index in [0.717, 1.165) is 48.5 Å². The molecule has 4 heterocycles. The SMILES string of the molecule is Cc1cc(N2CCN(C(=O)/C=C/c3cccs3)CC2)nc(N2CCOCC2)n1. The van der Waals surface area contributed by atoms with Crippen LogP contribution in [0.25, 0.3) is 6.08 Å². The highest BCUT2D eigenvalue weighted by molar-refractivity contribution is 7.10. The predicted octanol–water partition coefficient (Wildman–Crippen LogP) is 2.05. The molecule has 2 aliphatic rings. The van der Waals surface area contributed by atoms with Crippen LogP contribution in [0.3, 0.4) is 0 Å². The van der Waals surface area contributed by atoms with Crippen molar-refractivity contribution in [2.45, 2.75) is 6.92 Å². The topological polar surface area (TPSA) is 61.8 Å². The molecule has 4 rings (SSSR count). The Balaban J connectivity index is 1.38. The molecule has 0 aliphatic carbocycles. The van der Waals surface area contributed by atoms with E-state index in [1.807, 2.05) is 41.5 Å². The van der Waals surface area contributed by atoms with E-state index in [2.05, 4.69) is 14.8 Å². The minimum atomic E-state index is 0.0703. The van der Waals surface area contributed by atoms with Gasteiger partial charge in [-0.1, -0.05) is 6.07 Å². The Hall–Kier alpha value is -2.45. The second kappa shape index (κ2) is 8.70. The number of carbonyl (C=O) groups excluding carboxylic acids is 1. The first-order valence-corrected chi connectivity index (χ1v) is 10.5. The lowest BCUT2D eigenvalue weighted by Gasteiger charge is -2.35. The van der Waals surface area contributed by atoms with Gasteiger partial charge in [0, 0.05) is 62.0 Å². The molecule has 0 N–H and O–H groups in total. The van der Waals surface area contributed by atoms with Gasteiger partial charge in [-0.05, 0) is 24.4 Å². The maximum atomic E-state index is 12.4. The number of anilines is 2. The number of thiophene rings is 1. The third-order valence-corrected chi connectivity index (χ3v) is 5.81. The van der Waals surface area contributed by atoms with Gasteiger partial charge in [0.15, 0.2) is 0 Å². The van der Waals surface area contributed by atoms with Crippen molar-refractivity contribution in [2.75, 3.05) is 62.3 Å². The van der Waals surface area contributed by atoms with Gasteiger partial charge in [0.25, 0.3) is 0 Å². The van der Waals surface area contributed by atoms with Gasteiger partial charge in [-0.3, -0.25) is 4.79 Å². The van der Waals surface area contributed by atoms with Crippen LogP contribution in [0.1, 0.15) is 10.6 Å². The van der Waals surface area contributed by atoms with Gasteiger partial charge < -0.3 is 19.4 Å². The van der Waals surface area contributed by atoms with Crippen molar-refractivity contribution < 1.29 is 9.53 Å². The fourth-order valence-corrected chi connectivity index (χ4v) is 4.02. The summed E-state index contributed by atoms with van der Waals surface area (Å²) in [5, 5.41) is 2.01. The van der Waals surface area contributed by atoms with Crippen molar-refractivity contribution >= 4 is 35.1 Å². The van der Waals surface area contributed by atoms with Crippen LogP contribution in [-0.4, -0.2) is 73.3 Å². The molecular formula is C20H25N5O2S. The first-order chi connectivity index (χ1) is 13.7. The Kier molecular flexibility index (Phi) is 5.87. The van der Waals surface area contributed by atoms with Gasteiger partial charge in [-0.2, -0.15) is 4.98 Å². The monoisotopic (exact) mass is 399 g/mol. The number of hydrogen-bond acceptors (Lipinski definition) is 7. The van der Waals surface area contributed by atoms with Crippen LogP contribution in [0.2, 0.25) is 0 Å². The summed E-state index contributed by atoms with van der Waals surface area (Å²) in [6, 6.07) is 6.02. The molecule has 2 saturated heterocycles. The van der Waals surface area contributed by atoms with Crippen LogP contribution in [-0.2, 0) is 9.53 Å². The van der Waals surface area contributed by atoms with Gasteiger partial charge in [0.05, 0.1) is 13.2 Å². The minimum Gasteiger partial charge on any atom is -0.378 e. The van der Waals surface area contributed by atoms with Crippen LogP contribution in [0.15, 0.2) is 29.7 Å². The van der Waals surface area contributed by atoms with Gasteiger partial charge >= 0.3 is 0 Å². The predicted molar refractivity (Wildman–Crippen MR) is 112 cm³/mol. The first kappa shape index (κ1) is 18.9. The second-order valence-electron chi connectivity index (χ2n) is 6.93. The zero-order chi connectivity index (χ0) is 19.3. The highest BCUT2D eigenvalue weighted by atomic mass is 32.1. The molecule has 2 aliphatic heterocycles. The first-order valence-electron chi connectivity index (χ1n) is 9.63. The largest absolute Gasteiger partial charge is 0.378 e. The third kappa shape index (κ3) is 4.51. The lowest BCUT2D eigenvalue weighted by Crippen LogP contribution is -2.48. The Bertz CT molecular complexity index is 825. The Morgan fingerprint density at radius 3 is 2.61 bits per heavy atom. The molecule has 2 aromatic rings. The van der Waals surface area contributed by atoms with Crippen molar-refractivity contribution in [1.82, 2.24) is 14.9 Å². The van der Waals surface area contributed by atoms with Crippen LogP contribution in [0.4, 0.5) is 11.8 Å². The van der Waals surface area contributed by atoms with Crippen molar-refractivity contribution in [1.29, 1.82) is 0 Å². The number of nitrogens with zero attached hydrogens (tertiary/aromatic N) is 5. The van der Waals surface area contributed by atoms with Gasteiger partial charge in [0.1, 0.15) is 5.82 Å². The number of hydrogen-bond donors (Lipinski definition) is 0. The lowest BCUT2D eigenvalue weighted by atomic mass is 10.2. The molecule has 0 bridgehead atoms. The maximum Gasteiger partial charge on any atom is 0.246 e. The molecule has 1 amide bonds. The average Bonchev–Trinajstić information content (AvgIpc) is 3.26. The van der Waals surface area contributed by atoms with E-state index >= 15 is 0 Å². The van der Waals surface area contributed by atoms with Gasteiger partial charge in [0.2, 0.25) is 11.9 Å². The zero-order valence-corrected chi connectivity index (χ0v) is 16.9. The highest BCUT2D eigenvalue weighted by Gasteiger charge is 2.22. The fourth-order valence-electron chi connectivity index (χ4n) is 3.40. The number of rotatable bonds is 4. The Labute approximate surface area is 169 Å². The van der Waals surface area contributed by atoms with E-state index in [1.54, 1.807) is 17.4 Å². The molecule has 0 radical (unpaired) electrons. The number of aryl methyl sites for hydroxylation is 1. The van der Waals surface area contributed by atoms with E-state index < -0.39 is 0 Å². The zero-order valence-electron chi connectivity index (χ0n) is 16.1. The van der Waals surface area contributed by atoms with Crippen LogP contribution in [0.5, 0.6) is 0 Å². The summed E-state index contributed by atoms with van der Waals surface area (Å²) < 4.78 is 5.43. The van der Waals surface area contributed by atoms with Gasteiger partial charge in [-0.25, -0.2) is 4.98 Å². The molecule has 7 nitrogen and oxygen atoms in total. The van der Waals surface area contributed by atoms with Crippen LogP contribution < -0.4 is 9.80 Å². The summed E-state index contributed by atoms with van der Waals surface area (Å²) in [5.41, 5.74) is 0.962. The number of ether oxygens (including phenoxy) is 1. The van der Waals surface area contributed by atoms with E-state index in [-0.39, 0.29) is 5.91 Å². The quantitative estimate of drug-likeness (QED) is 0.734. The van der Waals surface area contributed by atoms with E-state index in [9.17, 15) is 4.79 Å². The molecule has 148 valence electrons. The molecular weight excluding hydrogens is 374 g/mol. The van der Waals surface area contributed by atoms with Crippen molar-refractivity contribution in [3.05, 3.63) is 40.2 Å². The number of aromatic nitrogens is 2. The normalized spacial score (nSPS) is 18.1. The average molecular weight is 400 g/mol. The van der Waals surface area contributed by atoms with Gasteiger partial charge in [-0.15, -0.1) is 11.3 Å². The van der Waals surface area contributed by atoms with E-state index in [0.29, 0.717) is 26.3 Å². The molecule has 2 aromatic heterocycles. The van der Waals surface area contributed by atoms with Crippen molar-refractivity contribution in [2.24, 2.45) is 0 Å². The number of carbonyl (C=O) groups is 1. The third-order valence-electron chi connectivity index (χ3n) is 4.97. The van der Waals surface area contributed by atoms with Crippen LogP contribution in [0, 0.1) is 6.92 Å². The van der Waals surface area contributed by atoms with Crippen molar-refractivity contribution in [3.63, 3.8) is 0 Å². The molecule has 0 atom stereocenters. The number of amides is 1. The summed E-state index contributed by atoms with van der Waals surface area (Å²) in [6.07, 6.45) is 3.56. The standard InChI is InChI=1S/C20H25N5O2S/c1-16-15-18(22-20(21-16)25-10-12-27-13-11-25)23-6-8-24(9-7-23)19(26)5-4-17-3-2-14-28-17/h2-5,14-15H,6-13H2,1H3/b5-4+. The highest BCUT2D eigenvalue weighted by Crippen LogP contribution is 2.20. The van der Waals surface area contributed by atoms with E-state index in [1.165, 1.54) is 0 Å². The van der Waals surface area contributed by atoms with Crippen LogP contribution >= 0.6 is 11.3 Å². The Morgan fingerprint density at radius 1 is 1.11 bits per heavy atom. The molecule has 0 unspecified atom stereocenters. The number of morpholine rings is 1. The lowest BCUT2D eigenvalue weighted by molar-refractivity contribution is -0.126. The van der Waals surface area contributed by atoms with E-state index in [4.69, 9.17) is 9.72 Å². The fraction of sp³-hybridized carbons (Fsp3) is 0.450. The summed E-state index contributed by atoms with van der Waals surface area (Å²) in [7, 11) is 0. The molecule has 0 aromatic carbocycles. The summed E-state index contributed by atoms with van der Waals surface area (Å²) in [5.74, 6) is 1.78. The second-order valence-corrected chi connectivity index (χ2v) is 7.91. The smallest absolute Gasteiger partial charge is 0.246 e. The Morgan fingerprint density at radius 2 is 1.89 bits per heavy atom.